The number of nitrogens with zero attached hydrogens (tertiary/aromatic N) is 2. The highest BCUT2D eigenvalue weighted by Crippen LogP contribution is 2.31. The van der Waals surface area contributed by atoms with Crippen LogP contribution in [0.4, 0.5) is 0 Å². The summed E-state index contributed by atoms with van der Waals surface area (Å²) >= 11 is 0. The standard InChI is InChI=1S/C20H24N4O3/c25-17-7-6-16(19(26)22-17)24-9-13-3-1-2-12(18(13)20(24)27)8-23-10-14-4-5-15(11-23)21-14/h1-3,14-16,21H,4-11H2,(H,22,25,26)/t14-,15+,16?. The molecule has 2 bridgehead atoms. The first-order valence-corrected chi connectivity index (χ1v) is 9.82. The quantitative estimate of drug-likeness (QED) is 0.754. The highest BCUT2D eigenvalue weighted by Gasteiger charge is 2.40. The molecule has 142 valence electrons. The second-order valence-corrected chi connectivity index (χ2v) is 8.18. The van der Waals surface area contributed by atoms with Gasteiger partial charge in [-0.3, -0.25) is 24.6 Å². The minimum absolute atomic E-state index is 0.0757. The van der Waals surface area contributed by atoms with Gasteiger partial charge in [-0.05, 0) is 30.4 Å². The van der Waals surface area contributed by atoms with Gasteiger partial charge in [-0.15, -0.1) is 0 Å². The highest BCUT2D eigenvalue weighted by atomic mass is 16.2. The highest BCUT2D eigenvalue weighted by molar-refractivity contribution is 6.05. The number of hydrogen-bond acceptors (Lipinski definition) is 5. The summed E-state index contributed by atoms with van der Waals surface area (Å²) in [6, 6.07) is 6.60. The van der Waals surface area contributed by atoms with Gasteiger partial charge < -0.3 is 10.2 Å². The number of carbonyl (C=O) groups excluding carboxylic acids is 3. The molecule has 0 saturated carbocycles. The molecule has 7 heteroatoms. The zero-order chi connectivity index (χ0) is 18.5. The molecule has 0 spiro atoms. The van der Waals surface area contributed by atoms with Crippen LogP contribution in [0.25, 0.3) is 0 Å². The molecule has 27 heavy (non-hydrogen) atoms. The van der Waals surface area contributed by atoms with Gasteiger partial charge in [-0.2, -0.15) is 0 Å². The Hall–Kier alpha value is -2.25. The van der Waals surface area contributed by atoms with E-state index in [1.54, 1.807) is 4.90 Å². The first kappa shape index (κ1) is 16.9. The van der Waals surface area contributed by atoms with Crippen molar-refractivity contribution in [2.45, 2.75) is 56.9 Å². The summed E-state index contributed by atoms with van der Waals surface area (Å²) in [7, 11) is 0. The van der Waals surface area contributed by atoms with Crippen LogP contribution in [0.3, 0.4) is 0 Å². The molecule has 5 rings (SSSR count). The van der Waals surface area contributed by atoms with Gasteiger partial charge in [0.15, 0.2) is 0 Å². The van der Waals surface area contributed by atoms with Crippen molar-refractivity contribution in [3.8, 4) is 0 Å². The third-order valence-electron chi connectivity index (χ3n) is 6.32. The van der Waals surface area contributed by atoms with E-state index in [0.29, 0.717) is 25.0 Å². The van der Waals surface area contributed by atoms with E-state index in [2.05, 4.69) is 15.5 Å². The number of hydrogen-bond donors (Lipinski definition) is 2. The van der Waals surface area contributed by atoms with Gasteiger partial charge in [0.1, 0.15) is 6.04 Å². The van der Waals surface area contributed by atoms with Crippen molar-refractivity contribution in [2.75, 3.05) is 13.1 Å². The Morgan fingerprint density at radius 2 is 1.81 bits per heavy atom. The fourth-order valence-electron chi connectivity index (χ4n) is 5.08. The summed E-state index contributed by atoms with van der Waals surface area (Å²) < 4.78 is 0. The molecule has 1 aromatic rings. The van der Waals surface area contributed by atoms with Crippen LogP contribution in [0.2, 0.25) is 0 Å². The second-order valence-electron chi connectivity index (χ2n) is 8.18. The zero-order valence-corrected chi connectivity index (χ0v) is 15.2. The summed E-state index contributed by atoms with van der Waals surface area (Å²) in [5, 5.41) is 6.00. The van der Waals surface area contributed by atoms with Crippen molar-refractivity contribution in [3.05, 3.63) is 34.9 Å². The molecule has 3 saturated heterocycles. The van der Waals surface area contributed by atoms with Crippen molar-refractivity contribution in [3.63, 3.8) is 0 Å². The summed E-state index contributed by atoms with van der Waals surface area (Å²) in [5.74, 6) is -0.685. The molecule has 2 N–H and O–H groups in total. The number of likely N-dealkylation sites (tertiary alicyclic amines) is 1. The minimum atomic E-state index is -0.550. The first-order valence-electron chi connectivity index (χ1n) is 9.82. The number of benzene rings is 1. The van der Waals surface area contributed by atoms with Gasteiger partial charge in [0.2, 0.25) is 11.8 Å². The Labute approximate surface area is 158 Å². The maximum Gasteiger partial charge on any atom is 0.255 e. The Bertz CT molecular complexity index is 811. The molecule has 0 aromatic heterocycles. The molecule has 0 radical (unpaired) electrons. The fourth-order valence-corrected chi connectivity index (χ4v) is 5.08. The van der Waals surface area contributed by atoms with Crippen LogP contribution < -0.4 is 10.6 Å². The molecule has 0 aliphatic carbocycles. The van der Waals surface area contributed by atoms with Crippen molar-refractivity contribution in [1.29, 1.82) is 0 Å². The molecule has 3 fully saturated rings. The summed E-state index contributed by atoms with van der Waals surface area (Å²) in [4.78, 5) is 40.9. The van der Waals surface area contributed by atoms with Crippen LogP contribution in [0.5, 0.6) is 0 Å². The zero-order valence-electron chi connectivity index (χ0n) is 15.2. The number of rotatable bonds is 3. The predicted octanol–water partition coefficient (Wildman–Crippen LogP) is 0.384. The summed E-state index contributed by atoms with van der Waals surface area (Å²) in [6.07, 6.45) is 3.15. The molecular formula is C20H24N4O3. The largest absolute Gasteiger partial charge is 0.322 e. The van der Waals surface area contributed by atoms with Crippen LogP contribution in [0, 0.1) is 0 Å². The van der Waals surface area contributed by atoms with Crippen molar-refractivity contribution in [1.82, 2.24) is 20.4 Å². The van der Waals surface area contributed by atoms with Gasteiger partial charge >= 0.3 is 0 Å². The van der Waals surface area contributed by atoms with E-state index in [9.17, 15) is 14.4 Å². The molecule has 4 heterocycles. The topological polar surface area (TPSA) is 81.8 Å². The van der Waals surface area contributed by atoms with E-state index < -0.39 is 6.04 Å². The summed E-state index contributed by atoms with van der Waals surface area (Å²) in [5.41, 5.74) is 2.79. The molecule has 4 aliphatic rings. The third kappa shape index (κ3) is 2.95. The Morgan fingerprint density at radius 3 is 2.56 bits per heavy atom. The van der Waals surface area contributed by atoms with Crippen LogP contribution in [-0.2, 0) is 22.7 Å². The number of piperazine rings is 1. The molecule has 1 unspecified atom stereocenters. The maximum absolute atomic E-state index is 13.2. The molecule has 3 amide bonds. The number of nitrogens with one attached hydrogen (secondary N) is 2. The van der Waals surface area contributed by atoms with E-state index in [-0.39, 0.29) is 24.1 Å². The Morgan fingerprint density at radius 1 is 1.04 bits per heavy atom. The lowest BCUT2D eigenvalue weighted by Gasteiger charge is -2.33. The molecule has 7 nitrogen and oxygen atoms in total. The van der Waals surface area contributed by atoms with Crippen molar-refractivity contribution >= 4 is 17.7 Å². The van der Waals surface area contributed by atoms with Crippen molar-refractivity contribution < 1.29 is 14.4 Å². The second kappa shape index (κ2) is 6.42. The number of carbonyl (C=O) groups is 3. The molecule has 1 aromatic carbocycles. The first-order chi connectivity index (χ1) is 13.1. The fraction of sp³-hybridized carbons (Fsp3) is 0.550. The van der Waals surface area contributed by atoms with E-state index >= 15 is 0 Å². The number of fused-ring (bicyclic) bond motifs is 3. The molecular weight excluding hydrogens is 344 g/mol. The van der Waals surface area contributed by atoms with Gasteiger partial charge in [-0.25, -0.2) is 0 Å². The summed E-state index contributed by atoms with van der Waals surface area (Å²) in [6.45, 7) is 3.25. The van der Waals surface area contributed by atoms with Gasteiger partial charge in [0, 0.05) is 50.2 Å². The van der Waals surface area contributed by atoms with Crippen molar-refractivity contribution in [2.24, 2.45) is 0 Å². The lowest BCUT2D eigenvalue weighted by atomic mass is 10.0. The van der Waals surface area contributed by atoms with Crippen LogP contribution in [0.1, 0.15) is 47.2 Å². The van der Waals surface area contributed by atoms with E-state index in [1.165, 1.54) is 12.8 Å². The lowest BCUT2D eigenvalue weighted by molar-refractivity contribution is -0.136. The predicted molar refractivity (Wildman–Crippen MR) is 97.7 cm³/mol. The van der Waals surface area contributed by atoms with Crippen LogP contribution >= 0.6 is 0 Å². The number of imide groups is 1. The molecule has 4 aliphatic heterocycles. The Kier molecular flexibility index (Phi) is 4.02. The van der Waals surface area contributed by atoms with Gasteiger partial charge in [0.05, 0.1) is 0 Å². The average Bonchev–Trinajstić information content (AvgIpc) is 3.15. The third-order valence-corrected chi connectivity index (χ3v) is 6.32. The minimum Gasteiger partial charge on any atom is -0.322 e. The number of amides is 3. The normalized spacial score (nSPS) is 30.6. The van der Waals surface area contributed by atoms with Crippen LogP contribution in [0.15, 0.2) is 18.2 Å². The molecule has 3 atom stereocenters. The average molecular weight is 368 g/mol. The van der Waals surface area contributed by atoms with E-state index in [0.717, 1.165) is 36.3 Å². The van der Waals surface area contributed by atoms with E-state index in [4.69, 9.17) is 0 Å². The maximum atomic E-state index is 13.2. The van der Waals surface area contributed by atoms with Gasteiger partial charge in [0.25, 0.3) is 5.91 Å². The SMILES string of the molecule is O=C1CCC(N2Cc3cccc(CN4C[C@H]5CC[C@@H](C4)N5)c3C2=O)C(=O)N1. The van der Waals surface area contributed by atoms with E-state index in [1.807, 2.05) is 18.2 Å². The monoisotopic (exact) mass is 368 g/mol. The lowest BCUT2D eigenvalue weighted by Crippen LogP contribution is -2.52. The number of piperidine rings is 1. The van der Waals surface area contributed by atoms with Gasteiger partial charge in [-0.1, -0.05) is 18.2 Å². The Balaban J connectivity index is 1.37. The smallest absolute Gasteiger partial charge is 0.255 e. The van der Waals surface area contributed by atoms with Crippen LogP contribution in [-0.4, -0.2) is 58.7 Å².